The second-order valence-corrected chi connectivity index (χ2v) is 11.0. The number of ether oxygens (including phenoxy) is 1. The summed E-state index contributed by atoms with van der Waals surface area (Å²) in [6, 6.07) is 5.86. The van der Waals surface area contributed by atoms with E-state index in [1.807, 2.05) is 18.2 Å². The molecule has 1 aromatic carbocycles. The average molecular weight is 282 g/mol. The lowest BCUT2D eigenvalue weighted by Crippen LogP contribution is -2.43. The minimum absolute atomic E-state index is 0.144. The maximum absolute atomic E-state index is 9.04. The van der Waals surface area contributed by atoms with Crippen molar-refractivity contribution < 1.29 is 14.3 Å². The normalized spacial score (nSPS) is 12.4. The number of methoxy groups -OCH3 is 1. The zero-order valence-electron chi connectivity index (χ0n) is 12.9. The molecule has 108 valence electrons. The smallest absolute Gasteiger partial charge is 0.250 e. The van der Waals surface area contributed by atoms with Gasteiger partial charge in [0.15, 0.2) is 5.75 Å². The maximum atomic E-state index is 9.04. The summed E-state index contributed by atoms with van der Waals surface area (Å²) in [5.41, 5.74) is 1.07. The molecule has 0 aliphatic heterocycles. The first-order valence-corrected chi connectivity index (χ1v) is 9.59. The molecule has 0 fully saturated rings. The van der Waals surface area contributed by atoms with Gasteiger partial charge in [-0.25, -0.2) is 0 Å². The second-order valence-electron chi connectivity index (χ2n) is 6.32. The predicted octanol–water partition coefficient (Wildman–Crippen LogP) is 3.61. The summed E-state index contributed by atoms with van der Waals surface area (Å²) in [6.07, 6.45) is 0.637. The lowest BCUT2D eigenvalue weighted by atomic mass is 10.1. The largest absolute Gasteiger partial charge is 0.541 e. The van der Waals surface area contributed by atoms with Gasteiger partial charge in [-0.1, -0.05) is 26.8 Å². The van der Waals surface area contributed by atoms with E-state index in [0.29, 0.717) is 6.42 Å². The summed E-state index contributed by atoms with van der Waals surface area (Å²) < 4.78 is 11.7. The molecule has 3 nitrogen and oxygen atoms in total. The zero-order chi connectivity index (χ0) is 14.7. The van der Waals surface area contributed by atoms with Crippen molar-refractivity contribution >= 4 is 8.32 Å². The molecule has 0 saturated heterocycles. The van der Waals surface area contributed by atoms with Gasteiger partial charge >= 0.3 is 0 Å². The van der Waals surface area contributed by atoms with Gasteiger partial charge in [0.25, 0.3) is 8.32 Å². The molecule has 0 spiro atoms. The molecule has 0 radical (unpaired) electrons. The summed E-state index contributed by atoms with van der Waals surface area (Å²) >= 11 is 0. The Morgan fingerprint density at radius 2 is 1.79 bits per heavy atom. The fraction of sp³-hybridized carbons (Fsp3) is 0.600. The average Bonchev–Trinajstić information content (AvgIpc) is 2.28. The zero-order valence-corrected chi connectivity index (χ0v) is 13.9. The van der Waals surface area contributed by atoms with Gasteiger partial charge in [0.1, 0.15) is 5.75 Å². The molecular weight excluding hydrogens is 256 g/mol. The van der Waals surface area contributed by atoms with Gasteiger partial charge in [0.2, 0.25) is 0 Å². The van der Waals surface area contributed by atoms with Crippen molar-refractivity contribution in [3.05, 3.63) is 23.8 Å². The van der Waals surface area contributed by atoms with E-state index >= 15 is 0 Å². The Hall–Kier alpha value is -1.00. The lowest BCUT2D eigenvalue weighted by Gasteiger charge is -2.36. The van der Waals surface area contributed by atoms with E-state index in [-0.39, 0.29) is 11.6 Å². The van der Waals surface area contributed by atoms with Crippen LogP contribution in [0.25, 0.3) is 0 Å². The van der Waals surface area contributed by atoms with Crippen LogP contribution >= 0.6 is 0 Å². The number of aliphatic hydroxyl groups excluding tert-OH is 1. The van der Waals surface area contributed by atoms with Crippen molar-refractivity contribution in [1.29, 1.82) is 0 Å². The van der Waals surface area contributed by atoms with E-state index < -0.39 is 8.32 Å². The van der Waals surface area contributed by atoms with Gasteiger partial charge in [0.05, 0.1) is 7.11 Å². The van der Waals surface area contributed by atoms with Crippen LogP contribution in [-0.2, 0) is 6.42 Å². The van der Waals surface area contributed by atoms with E-state index in [1.54, 1.807) is 7.11 Å². The third-order valence-corrected chi connectivity index (χ3v) is 8.14. The minimum atomic E-state index is -1.88. The van der Waals surface area contributed by atoms with Gasteiger partial charge in [-0.3, -0.25) is 0 Å². The molecule has 0 heterocycles. The summed E-state index contributed by atoms with van der Waals surface area (Å²) in [7, 11) is -0.229. The van der Waals surface area contributed by atoms with Crippen molar-refractivity contribution in [2.75, 3.05) is 13.7 Å². The van der Waals surface area contributed by atoms with Gasteiger partial charge in [-0.05, 0) is 42.2 Å². The molecule has 4 heteroatoms. The van der Waals surface area contributed by atoms with E-state index in [1.165, 1.54) is 0 Å². The molecule has 1 aromatic rings. The van der Waals surface area contributed by atoms with E-state index in [2.05, 4.69) is 33.9 Å². The van der Waals surface area contributed by atoms with Crippen LogP contribution in [0.3, 0.4) is 0 Å². The minimum Gasteiger partial charge on any atom is -0.541 e. The van der Waals surface area contributed by atoms with Gasteiger partial charge in [0, 0.05) is 6.61 Å². The van der Waals surface area contributed by atoms with Gasteiger partial charge < -0.3 is 14.3 Å². The van der Waals surface area contributed by atoms with Gasteiger partial charge in [-0.15, -0.1) is 0 Å². The fourth-order valence-corrected chi connectivity index (χ4v) is 2.53. The van der Waals surface area contributed by atoms with Crippen molar-refractivity contribution in [3.8, 4) is 11.5 Å². The van der Waals surface area contributed by atoms with Crippen molar-refractivity contribution in [2.24, 2.45) is 0 Å². The molecule has 0 bridgehead atoms. The van der Waals surface area contributed by atoms with Crippen LogP contribution in [0.15, 0.2) is 18.2 Å². The summed E-state index contributed by atoms with van der Waals surface area (Å²) in [5, 5.41) is 9.18. The van der Waals surface area contributed by atoms with Crippen LogP contribution in [-0.4, -0.2) is 27.1 Å². The first-order valence-electron chi connectivity index (χ1n) is 6.68. The third-order valence-electron chi connectivity index (χ3n) is 3.80. The maximum Gasteiger partial charge on any atom is 0.250 e. The van der Waals surface area contributed by atoms with Crippen molar-refractivity contribution in [3.63, 3.8) is 0 Å². The van der Waals surface area contributed by atoms with Crippen LogP contribution in [0, 0.1) is 0 Å². The van der Waals surface area contributed by atoms with Crippen LogP contribution in [0.5, 0.6) is 11.5 Å². The Balaban J connectivity index is 3.07. The standard InChI is InChI=1S/C15H26O3Si/c1-15(2,3)19(5,6)18-14-11-12(9-10-16)7-8-13(14)17-4/h7-8,11,16H,9-10H2,1-6H3. The highest BCUT2D eigenvalue weighted by Gasteiger charge is 2.39. The number of hydrogen-bond acceptors (Lipinski definition) is 3. The molecule has 0 atom stereocenters. The number of aliphatic hydroxyl groups is 1. The van der Waals surface area contributed by atoms with Crippen LogP contribution in [0.2, 0.25) is 18.1 Å². The molecule has 1 N–H and O–H groups in total. The first kappa shape index (κ1) is 16.1. The molecule has 0 unspecified atom stereocenters. The van der Waals surface area contributed by atoms with E-state index in [4.69, 9.17) is 14.3 Å². The third kappa shape index (κ3) is 3.98. The lowest BCUT2D eigenvalue weighted by molar-refractivity contribution is 0.299. The Morgan fingerprint density at radius 3 is 2.26 bits per heavy atom. The molecule has 0 amide bonds. The van der Waals surface area contributed by atoms with Crippen LogP contribution in [0.4, 0.5) is 0 Å². The first-order chi connectivity index (χ1) is 8.71. The Labute approximate surface area is 117 Å². The number of hydrogen-bond donors (Lipinski definition) is 1. The highest BCUT2D eigenvalue weighted by atomic mass is 28.4. The molecule has 1 rings (SSSR count). The number of rotatable bonds is 5. The second kappa shape index (κ2) is 5.97. The highest BCUT2D eigenvalue weighted by Crippen LogP contribution is 2.40. The molecule has 0 aliphatic rings. The summed E-state index contributed by atoms with van der Waals surface area (Å²) in [4.78, 5) is 0. The Kier molecular flexibility index (Phi) is 5.04. The number of benzene rings is 1. The highest BCUT2D eigenvalue weighted by molar-refractivity contribution is 6.74. The van der Waals surface area contributed by atoms with Crippen molar-refractivity contribution in [1.82, 2.24) is 0 Å². The topological polar surface area (TPSA) is 38.7 Å². The van der Waals surface area contributed by atoms with E-state index in [9.17, 15) is 0 Å². The fourth-order valence-electron chi connectivity index (χ4n) is 1.51. The molecule has 0 aromatic heterocycles. The molecule has 0 saturated carbocycles. The molecule has 0 aliphatic carbocycles. The van der Waals surface area contributed by atoms with Crippen LogP contribution < -0.4 is 9.16 Å². The molecular formula is C15H26O3Si. The van der Waals surface area contributed by atoms with Crippen molar-refractivity contribution in [2.45, 2.75) is 45.3 Å². The Morgan fingerprint density at radius 1 is 1.16 bits per heavy atom. The monoisotopic (exact) mass is 282 g/mol. The Bertz CT molecular complexity index is 422. The quantitative estimate of drug-likeness (QED) is 0.838. The SMILES string of the molecule is COc1ccc(CCO)cc1O[Si](C)(C)C(C)(C)C. The van der Waals surface area contributed by atoms with Crippen LogP contribution in [0.1, 0.15) is 26.3 Å². The molecule has 19 heavy (non-hydrogen) atoms. The van der Waals surface area contributed by atoms with E-state index in [0.717, 1.165) is 17.1 Å². The summed E-state index contributed by atoms with van der Waals surface area (Å²) in [6.45, 7) is 11.2. The van der Waals surface area contributed by atoms with Gasteiger partial charge in [-0.2, -0.15) is 0 Å². The summed E-state index contributed by atoms with van der Waals surface area (Å²) in [5.74, 6) is 1.55. The predicted molar refractivity (Wildman–Crippen MR) is 81.6 cm³/mol.